The summed E-state index contributed by atoms with van der Waals surface area (Å²) in [4.78, 5) is 15.1. The number of hydrogen-bond donors (Lipinski definition) is 0. The molecule has 1 aliphatic carbocycles. The van der Waals surface area contributed by atoms with E-state index in [1.54, 1.807) is 0 Å². The van der Waals surface area contributed by atoms with E-state index in [-0.39, 0.29) is 36.5 Å². The predicted molar refractivity (Wildman–Crippen MR) is 111 cm³/mol. The number of aromatic nitrogens is 1. The van der Waals surface area contributed by atoms with Crippen LogP contribution in [0.15, 0.2) is 48.5 Å². The molecule has 0 N–H and O–H groups in total. The number of hydrogen-bond acceptors (Lipinski definition) is 7. The molecule has 7 nitrogen and oxygen atoms in total. The fraction of sp³-hybridized carbons (Fsp3) is 0.208. The lowest BCUT2D eigenvalue weighted by molar-refractivity contribution is -0.151. The fourth-order valence-electron chi connectivity index (χ4n) is 3.09. The predicted octanol–water partition coefficient (Wildman–Crippen LogP) is 4.83. The van der Waals surface area contributed by atoms with Crippen molar-refractivity contribution >= 4 is 5.97 Å². The van der Waals surface area contributed by atoms with Crippen LogP contribution < -0.4 is 14.2 Å². The lowest BCUT2D eigenvalue weighted by Gasteiger charge is -2.18. The Labute approximate surface area is 192 Å². The van der Waals surface area contributed by atoms with Gasteiger partial charge in [0, 0.05) is 18.9 Å². The third-order valence-corrected chi connectivity index (χ3v) is 5.04. The summed E-state index contributed by atoms with van der Waals surface area (Å²) in [7, 11) is 1.10. The van der Waals surface area contributed by atoms with Gasteiger partial charge in [-0.3, -0.25) is 0 Å². The quantitative estimate of drug-likeness (QED) is 0.344. The first-order chi connectivity index (χ1) is 16.4. The highest BCUT2D eigenvalue weighted by atomic mass is 19.2. The molecule has 1 saturated carbocycles. The number of carbonyl (C=O) groups is 1. The summed E-state index contributed by atoms with van der Waals surface area (Å²) >= 11 is 0. The lowest BCUT2D eigenvalue weighted by Crippen LogP contribution is -2.31. The standard InChI is InChI=1S/C24H17F3N2O5/c1-31-23(30)24(9-10-24)34-20-18(25)21(27)29-22(19(20)26)33-17-11-15(12-28)7-8-16(17)32-13-14-5-3-2-4-6-14/h2-8,11H,9-10,13H2,1H3. The number of methoxy groups -OCH3 is 1. The molecule has 0 spiro atoms. The maximum absolute atomic E-state index is 15.1. The van der Waals surface area contributed by atoms with E-state index in [1.807, 2.05) is 36.4 Å². The first-order valence-corrected chi connectivity index (χ1v) is 10.1. The van der Waals surface area contributed by atoms with Crippen LogP contribution >= 0.6 is 0 Å². The molecule has 0 atom stereocenters. The van der Waals surface area contributed by atoms with Crippen molar-refractivity contribution in [1.82, 2.24) is 4.98 Å². The molecule has 3 aromatic rings. The highest BCUT2D eigenvalue weighted by Gasteiger charge is 2.55. The zero-order valence-corrected chi connectivity index (χ0v) is 17.8. The van der Waals surface area contributed by atoms with Crippen LogP contribution in [0.4, 0.5) is 13.2 Å². The van der Waals surface area contributed by atoms with Crippen molar-refractivity contribution in [3.05, 3.63) is 77.2 Å². The van der Waals surface area contributed by atoms with Gasteiger partial charge in [0.05, 0.1) is 18.7 Å². The zero-order valence-electron chi connectivity index (χ0n) is 17.8. The van der Waals surface area contributed by atoms with E-state index in [1.165, 1.54) is 18.2 Å². The van der Waals surface area contributed by atoms with Gasteiger partial charge in [-0.1, -0.05) is 30.3 Å². The molecule has 1 heterocycles. The number of halogens is 3. The van der Waals surface area contributed by atoms with E-state index in [0.717, 1.165) is 12.7 Å². The largest absolute Gasteiger partial charge is 0.485 e. The van der Waals surface area contributed by atoms with Gasteiger partial charge in [0.1, 0.15) is 6.61 Å². The summed E-state index contributed by atoms with van der Waals surface area (Å²) in [5, 5.41) is 9.21. The second-order valence-corrected chi connectivity index (χ2v) is 7.40. The van der Waals surface area contributed by atoms with E-state index >= 15 is 4.39 Å². The molecule has 2 aromatic carbocycles. The van der Waals surface area contributed by atoms with E-state index < -0.39 is 40.8 Å². The Balaban J connectivity index is 1.66. The van der Waals surface area contributed by atoms with Crippen LogP contribution in [0.25, 0.3) is 0 Å². The summed E-state index contributed by atoms with van der Waals surface area (Å²) in [5.74, 6) is -7.91. The van der Waals surface area contributed by atoms with Crippen molar-refractivity contribution in [2.75, 3.05) is 7.11 Å². The van der Waals surface area contributed by atoms with Crippen molar-refractivity contribution in [3.8, 4) is 29.2 Å². The van der Waals surface area contributed by atoms with Crippen LogP contribution in [0.2, 0.25) is 0 Å². The van der Waals surface area contributed by atoms with Crippen LogP contribution in [0.3, 0.4) is 0 Å². The normalized spacial score (nSPS) is 13.5. The second-order valence-electron chi connectivity index (χ2n) is 7.40. The van der Waals surface area contributed by atoms with Gasteiger partial charge in [-0.05, 0) is 17.7 Å². The third-order valence-electron chi connectivity index (χ3n) is 5.04. The van der Waals surface area contributed by atoms with E-state index in [9.17, 15) is 18.8 Å². The van der Waals surface area contributed by atoms with E-state index in [0.29, 0.717) is 0 Å². The maximum Gasteiger partial charge on any atom is 0.350 e. The molecule has 1 aliphatic rings. The summed E-state index contributed by atoms with van der Waals surface area (Å²) < 4.78 is 64.6. The molecular formula is C24H17F3N2O5. The highest BCUT2D eigenvalue weighted by molar-refractivity contribution is 5.83. The average Bonchev–Trinajstić information content (AvgIpc) is 3.65. The molecule has 34 heavy (non-hydrogen) atoms. The van der Waals surface area contributed by atoms with Gasteiger partial charge >= 0.3 is 5.97 Å². The van der Waals surface area contributed by atoms with Crippen molar-refractivity contribution in [3.63, 3.8) is 0 Å². The molecule has 0 aliphatic heterocycles. The number of rotatable bonds is 8. The Hall–Kier alpha value is -4.26. The summed E-state index contributed by atoms with van der Waals surface area (Å²) in [6, 6.07) is 15.1. The molecule has 4 rings (SSSR count). The van der Waals surface area contributed by atoms with Crippen molar-refractivity contribution in [1.29, 1.82) is 5.26 Å². The van der Waals surface area contributed by atoms with Crippen molar-refractivity contribution < 1.29 is 36.9 Å². The van der Waals surface area contributed by atoms with Gasteiger partial charge < -0.3 is 18.9 Å². The Morgan fingerprint density at radius 2 is 1.82 bits per heavy atom. The van der Waals surface area contributed by atoms with Crippen LogP contribution in [0.5, 0.6) is 23.1 Å². The number of esters is 1. The molecule has 1 fully saturated rings. The van der Waals surface area contributed by atoms with Crippen LogP contribution in [-0.4, -0.2) is 23.7 Å². The van der Waals surface area contributed by atoms with Crippen LogP contribution in [0, 0.1) is 28.9 Å². The lowest BCUT2D eigenvalue weighted by atomic mass is 10.2. The summed E-state index contributed by atoms with van der Waals surface area (Å²) in [6.45, 7) is 0.118. The summed E-state index contributed by atoms with van der Waals surface area (Å²) in [5.41, 5.74) is -0.640. The Bertz CT molecular complexity index is 1270. The van der Waals surface area contributed by atoms with E-state index in [2.05, 4.69) is 9.72 Å². The second kappa shape index (κ2) is 9.31. The highest BCUT2D eigenvalue weighted by Crippen LogP contribution is 2.44. The maximum atomic E-state index is 15.1. The van der Waals surface area contributed by atoms with Gasteiger partial charge in [-0.15, -0.1) is 0 Å². The monoisotopic (exact) mass is 470 g/mol. The number of carbonyl (C=O) groups excluding carboxylic acids is 1. The molecular weight excluding hydrogens is 453 g/mol. The number of ether oxygens (including phenoxy) is 4. The Morgan fingerprint density at radius 3 is 2.47 bits per heavy atom. The number of nitriles is 1. The number of benzene rings is 2. The van der Waals surface area contributed by atoms with Gasteiger partial charge in [0.15, 0.2) is 11.5 Å². The smallest absolute Gasteiger partial charge is 0.350 e. The number of pyridine rings is 1. The first-order valence-electron chi connectivity index (χ1n) is 10.1. The molecule has 0 radical (unpaired) electrons. The van der Waals surface area contributed by atoms with Crippen molar-refractivity contribution in [2.24, 2.45) is 0 Å². The van der Waals surface area contributed by atoms with Crippen molar-refractivity contribution in [2.45, 2.75) is 25.0 Å². The average molecular weight is 470 g/mol. The van der Waals surface area contributed by atoms with Gasteiger partial charge in [0.25, 0.3) is 11.8 Å². The number of nitrogens with zero attached hydrogens (tertiary/aromatic N) is 2. The van der Waals surface area contributed by atoms with Gasteiger partial charge in [-0.2, -0.15) is 23.4 Å². The van der Waals surface area contributed by atoms with Gasteiger partial charge in [0.2, 0.25) is 23.0 Å². The van der Waals surface area contributed by atoms with Gasteiger partial charge in [-0.25, -0.2) is 4.79 Å². The fourth-order valence-corrected chi connectivity index (χ4v) is 3.09. The SMILES string of the molecule is COC(=O)C1(Oc2c(F)c(F)nc(Oc3cc(C#N)ccc3OCc3ccccc3)c2F)CC1. The topological polar surface area (TPSA) is 90.7 Å². The van der Waals surface area contributed by atoms with E-state index in [4.69, 9.17) is 14.2 Å². The first kappa shape index (κ1) is 22.9. The molecule has 0 bridgehead atoms. The van der Waals surface area contributed by atoms with Crippen LogP contribution in [-0.2, 0) is 16.1 Å². The minimum atomic E-state index is -1.72. The molecule has 10 heteroatoms. The molecule has 0 amide bonds. The van der Waals surface area contributed by atoms with Crippen LogP contribution in [0.1, 0.15) is 24.0 Å². The zero-order chi connectivity index (χ0) is 24.3. The Morgan fingerprint density at radius 1 is 1.09 bits per heavy atom. The summed E-state index contributed by atoms with van der Waals surface area (Å²) in [6.07, 6.45) is 0.279. The molecule has 0 unspecified atom stereocenters. The third kappa shape index (κ3) is 4.59. The minimum absolute atomic E-state index is 0.101. The molecule has 174 valence electrons. The Kier molecular flexibility index (Phi) is 6.27. The molecule has 1 aromatic heterocycles. The minimum Gasteiger partial charge on any atom is -0.485 e. The molecule has 0 saturated heterocycles.